The van der Waals surface area contributed by atoms with Gasteiger partial charge in [-0.15, -0.1) is 11.8 Å². The Labute approximate surface area is 198 Å². The number of rotatable bonds is 6. The van der Waals surface area contributed by atoms with E-state index in [2.05, 4.69) is 15.5 Å². The lowest BCUT2D eigenvalue weighted by Gasteiger charge is -2.32. The van der Waals surface area contributed by atoms with Crippen molar-refractivity contribution in [3.8, 4) is 11.3 Å². The highest BCUT2D eigenvalue weighted by atomic mass is 32.2. The van der Waals surface area contributed by atoms with Gasteiger partial charge in [-0.3, -0.25) is 14.7 Å². The van der Waals surface area contributed by atoms with Gasteiger partial charge in [0.25, 0.3) is 5.91 Å². The number of hydrogen-bond donors (Lipinski definition) is 2. The average Bonchev–Trinajstić information content (AvgIpc) is 3.34. The lowest BCUT2D eigenvalue weighted by atomic mass is 10.1. The molecule has 2 heterocycles. The first-order valence-electron chi connectivity index (χ1n) is 10.8. The van der Waals surface area contributed by atoms with Crippen molar-refractivity contribution in [2.75, 3.05) is 19.6 Å². The zero-order chi connectivity index (χ0) is 24.1. The van der Waals surface area contributed by atoms with Crippen LogP contribution in [-0.2, 0) is 11.0 Å². The van der Waals surface area contributed by atoms with Gasteiger partial charge >= 0.3 is 6.18 Å². The molecule has 2 amide bonds. The summed E-state index contributed by atoms with van der Waals surface area (Å²) in [6.45, 7) is 0.707. The first-order chi connectivity index (χ1) is 16.3. The number of halogens is 3. The topological polar surface area (TPSA) is 78.1 Å². The molecule has 4 rings (SSSR count). The predicted octanol–water partition coefficient (Wildman–Crippen LogP) is 4.61. The highest BCUT2D eigenvalue weighted by Gasteiger charge is 2.34. The quantitative estimate of drug-likeness (QED) is 0.531. The van der Waals surface area contributed by atoms with Crippen molar-refractivity contribution in [3.63, 3.8) is 0 Å². The van der Waals surface area contributed by atoms with Crippen molar-refractivity contribution < 1.29 is 22.8 Å². The molecule has 0 bridgehead atoms. The van der Waals surface area contributed by atoms with Gasteiger partial charge in [0.1, 0.15) is 5.69 Å². The zero-order valence-electron chi connectivity index (χ0n) is 18.1. The van der Waals surface area contributed by atoms with E-state index in [4.69, 9.17) is 0 Å². The number of thioether (sulfide) groups is 1. The Kier molecular flexibility index (Phi) is 7.26. The van der Waals surface area contributed by atoms with Crippen LogP contribution < -0.4 is 5.32 Å². The number of nitrogens with one attached hydrogen (secondary N) is 2. The second-order valence-electron chi connectivity index (χ2n) is 7.91. The van der Waals surface area contributed by atoms with Gasteiger partial charge < -0.3 is 10.2 Å². The third-order valence-corrected chi connectivity index (χ3v) is 6.99. The minimum absolute atomic E-state index is 0.0106. The summed E-state index contributed by atoms with van der Waals surface area (Å²) in [6, 6.07) is 16.6. The maximum atomic E-state index is 13.2. The number of alkyl halides is 3. The molecule has 0 saturated carbocycles. The second kappa shape index (κ2) is 10.3. The Bertz CT molecular complexity index is 1140. The first-order valence-corrected chi connectivity index (χ1v) is 11.7. The van der Waals surface area contributed by atoms with Crippen LogP contribution in [0.4, 0.5) is 13.2 Å². The van der Waals surface area contributed by atoms with Crippen LogP contribution in [0.25, 0.3) is 11.3 Å². The summed E-state index contributed by atoms with van der Waals surface area (Å²) in [4.78, 5) is 26.8. The fourth-order valence-corrected chi connectivity index (χ4v) is 5.04. The molecule has 1 fully saturated rings. The number of likely N-dealkylation sites (tertiary alicyclic amines) is 1. The van der Waals surface area contributed by atoms with Gasteiger partial charge in [0.15, 0.2) is 0 Å². The minimum atomic E-state index is -4.39. The molecule has 178 valence electrons. The van der Waals surface area contributed by atoms with E-state index in [9.17, 15) is 22.8 Å². The van der Waals surface area contributed by atoms with Crippen LogP contribution >= 0.6 is 11.8 Å². The summed E-state index contributed by atoms with van der Waals surface area (Å²) in [5.74, 6) is -0.660. The molecule has 3 aromatic rings. The molecule has 0 radical (unpaired) electrons. The zero-order valence-corrected chi connectivity index (χ0v) is 19.0. The molecule has 0 aliphatic carbocycles. The van der Waals surface area contributed by atoms with Crippen molar-refractivity contribution in [1.29, 1.82) is 0 Å². The van der Waals surface area contributed by atoms with Gasteiger partial charge in [-0.05, 0) is 31.0 Å². The summed E-state index contributed by atoms with van der Waals surface area (Å²) >= 11 is 1.21. The maximum Gasteiger partial charge on any atom is 0.417 e. The first kappa shape index (κ1) is 23.9. The number of amides is 2. The monoisotopic (exact) mass is 488 g/mol. The van der Waals surface area contributed by atoms with Gasteiger partial charge in [0.05, 0.1) is 17.8 Å². The standard InChI is InChI=1S/C24H23F3N4O2S/c25-24(26,27)18-8-4-5-9-21(18)34-17-10-12-31(13-11-17)22(32)15-28-23(33)20-14-19(29-30-20)16-6-2-1-3-7-16/h1-9,14,17H,10-13,15H2,(H,28,33)(H,29,30). The molecule has 0 spiro atoms. The highest BCUT2D eigenvalue weighted by Crippen LogP contribution is 2.39. The maximum absolute atomic E-state index is 13.2. The molecule has 2 N–H and O–H groups in total. The Morgan fingerprint density at radius 2 is 1.74 bits per heavy atom. The number of benzene rings is 2. The van der Waals surface area contributed by atoms with Crippen molar-refractivity contribution >= 4 is 23.6 Å². The van der Waals surface area contributed by atoms with Crippen LogP contribution in [0.15, 0.2) is 65.6 Å². The number of aromatic amines is 1. The molecular formula is C24H23F3N4O2S. The van der Waals surface area contributed by atoms with Gasteiger partial charge in [0.2, 0.25) is 5.91 Å². The van der Waals surface area contributed by atoms with E-state index in [0.29, 0.717) is 31.6 Å². The number of carbonyl (C=O) groups is 2. The average molecular weight is 489 g/mol. The third kappa shape index (κ3) is 5.80. The van der Waals surface area contributed by atoms with E-state index in [1.165, 1.54) is 23.9 Å². The molecule has 0 unspecified atom stereocenters. The van der Waals surface area contributed by atoms with E-state index in [-0.39, 0.29) is 28.3 Å². The molecule has 1 aromatic heterocycles. The van der Waals surface area contributed by atoms with Crippen molar-refractivity contribution in [2.24, 2.45) is 0 Å². The van der Waals surface area contributed by atoms with Crippen LogP contribution in [0.3, 0.4) is 0 Å². The predicted molar refractivity (Wildman–Crippen MR) is 123 cm³/mol. The Morgan fingerprint density at radius 1 is 1.06 bits per heavy atom. The molecule has 0 atom stereocenters. The Morgan fingerprint density at radius 3 is 2.44 bits per heavy atom. The third-order valence-electron chi connectivity index (χ3n) is 5.57. The van der Waals surface area contributed by atoms with E-state index >= 15 is 0 Å². The molecule has 1 aliphatic heterocycles. The van der Waals surface area contributed by atoms with Gasteiger partial charge in [-0.25, -0.2) is 0 Å². The number of piperidine rings is 1. The number of carbonyl (C=O) groups excluding carboxylic acids is 2. The van der Waals surface area contributed by atoms with Crippen molar-refractivity contribution in [2.45, 2.75) is 29.2 Å². The highest BCUT2D eigenvalue weighted by molar-refractivity contribution is 8.00. The van der Waals surface area contributed by atoms with Crippen LogP contribution in [0.2, 0.25) is 0 Å². The smallest absolute Gasteiger partial charge is 0.342 e. The van der Waals surface area contributed by atoms with E-state index in [1.807, 2.05) is 30.3 Å². The Hall–Kier alpha value is -3.27. The molecule has 6 nitrogen and oxygen atoms in total. The van der Waals surface area contributed by atoms with Gasteiger partial charge in [0, 0.05) is 28.8 Å². The van der Waals surface area contributed by atoms with E-state index in [0.717, 1.165) is 11.6 Å². The van der Waals surface area contributed by atoms with E-state index in [1.54, 1.807) is 17.0 Å². The summed E-state index contributed by atoms with van der Waals surface area (Å²) in [5, 5.41) is 9.41. The van der Waals surface area contributed by atoms with E-state index < -0.39 is 17.6 Å². The lowest BCUT2D eigenvalue weighted by molar-refractivity contribution is -0.139. The second-order valence-corrected chi connectivity index (χ2v) is 9.25. The van der Waals surface area contributed by atoms with Crippen molar-refractivity contribution in [1.82, 2.24) is 20.4 Å². The number of H-pyrrole nitrogens is 1. The molecule has 10 heteroatoms. The SMILES string of the molecule is O=C(NCC(=O)N1CCC(Sc2ccccc2C(F)(F)F)CC1)c1cc(-c2ccccc2)n[nH]1. The fraction of sp³-hybridized carbons (Fsp3) is 0.292. The summed E-state index contributed by atoms with van der Waals surface area (Å²) in [5.41, 5.74) is 1.12. The molecule has 34 heavy (non-hydrogen) atoms. The fourth-order valence-electron chi connectivity index (χ4n) is 3.76. The molecular weight excluding hydrogens is 465 g/mol. The molecule has 1 saturated heterocycles. The lowest BCUT2D eigenvalue weighted by Crippen LogP contribution is -2.44. The number of aromatic nitrogens is 2. The summed E-state index contributed by atoms with van der Waals surface area (Å²) in [6.07, 6.45) is -3.23. The van der Waals surface area contributed by atoms with Crippen LogP contribution in [-0.4, -0.2) is 51.8 Å². The Balaban J connectivity index is 1.25. The molecule has 2 aromatic carbocycles. The summed E-state index contributed by atoms with van der Waals surface area (Å²) < 4.78 is 39.7. The summed E-state index contributed by atoms with van der Waals surface area (Å²) in [7, 11) is 0. The van der Waals surface area contributed by atoms with Crippen LogP contribution in [0, 0.1) is 0 Å². The molecule has 1 aliphatic rings. The van der Waals surface area contributed by atoms with Crippen LogP contribution in [0.1, 0.15) is 28.9 Å². The van der Waals surface area contributed by atoms with Gasteiger partial charge in [-0.2, -0.15) is 18.3 Å². The van der Waals surface area contributed by atoms with Gasteiger partial charge in [-0.1, -0.05) is 42.5 Å². The number of nitrogens with zero attached hydrogens (tertiary/aromatic N) is 2. The van der Waals surface area contributed by atoms with Crippen molar-refractivity contribution in [3.05, 3.63) is 71.9 Å². The van der Waals surface area contributed by atoms with Crippen LogP contribution in [0.5, 0.6) is 0 Å². The normalized spacial score (nSPS) is 14.7. The largest absolute Gasteiger partial charge is 0.417 e. The number of hydrogen-bond acceptors (Lipinski definition) is 4. The minimum Gasteiger partial charge on any atom is -0.342 e.